The van der Waals surface area contributed by atoms with Crippen LogP contribution < -0.4 is 0 Å². The summed E-state index contributed by atoms with van der Waals surface area (Å²) in [6.45, 7) is 4.39. The normalized spacial score (nSPS) is 23.0. The van der Waals surface area contributed by atoms with E-state index in [9.17, 15) is 9.13 Å². The lowest BCUT2D eigenvalue weighted by Crippen LogP contribution is -2.45. The maximum Gasteiger partial charge on any atom is 0.354 e. The standard InChI is InChI=1S/C8H19NO6P2/c1-8(2)4-3-5-9(6-8)7(16(10,11)12)17(13,14)15/h7H,3-6H2,1-2H3,(H2,10,11,12)(H2,13,14,15). The molecule has 17 heavy (non-hydrogen) atoms. The zero-order valence-electron chi connectivity index (χ0n) is 9.85. The second-order valence-corrected chi connectivity index (χ2v) is 9.00. The van der Waals surface area contributed by atoms with Crippen LogP contribution in [0.15, 0.2) is 0 Å². The SMILES string of the molecule is CC1(C)CCCN(C(P(=O)(O)O)P(=O)(O)O)C1. The lowest BCUT2D eigenvalue weighted by Gasteiger charge is -2.41. The Morgan fingerprint density at radius 2 is 1.59 bits per heavy atom. The van der Waals surface area contributed by atoms with Crippen LogP contribution in [0.3, 0.4) is 0 Å². The van der Waals surface area contributed by atoms with Crippen LogP contribution in [0.1, 0.15) is 26.7 Å². The Labute approximate surface area is 100 Å². The molecule has 1 saturated heterocycles. The van der Waals surface area contributed by atoms with Crippen LogP contribution in [-0.4, -0.2) is 43.1 Å². The summed E-state index contributed by atoms with van der Waals surface area (Å²) in [4.78, 5) is 37.7. The molecule has 0 aliphatic carbocycles. The maximum absolute atomic E-state index is 11.2. The van der Waals surface area contributed by atoms with Gasteiger partial charge in [-0.2, -0.15) is 0 Å². The zero-order chi connectivity index (χ0) is 13.5. The van der Waals surface area contributed by atoms with Crippen LogP contribution in [0.5, 0.6) is 0 Å². The molecule has 0 unspecified atom stereocenters. The third-order valence-electron chi connectivity index (χ3n) is 2.86. The van der Waals surface area contributed by atoms with Gasteiger partial charge in [0.05, 0.1) is 0 Å². The summed E-state index contributed by atoms with van der Waals surface area (Å²) in [5.41, 5.74) is -2.20. The highest BCUT2D eigenvalue weighted by molar-refractivity contribution is 7.70. The van der Waals surface area contributed by atoms with E-state index in [1.54, 1.807) is 0 Å². The largest absolute Gasteiger partial charge is 0.354 e. The number of nitrogens with zero attached hydrogens (tertiary/aromatic N) is 1. The van der Waals surface area contributed by atoms with Crippen molar-refractivity contribution < 1.29 is 28.7 Å². The molecule has 1 aliphatic rings. The van der Waals surface area contributed by atoms with E-state index in [0.29, 0.717) is 13.0 Å². The number of rotatable bonds is 3. The van der Waals surface area contributed by atoms with Crippen LogP contribution in [0, 0.1) is 5.41 Å². The summed E-state index contributed by atoms with van der Waals surface area (Å²) in [6.07, 6.45) is 1.54. The second-order valence-electron chi connectivity index (χ2n) is 5.26. The highest BCUT2D eigenvalue weighted by Crippen LogP contribution is 2.61. The predicted molar refractivity (Wildman–Crippen MR) is 62.5 cm³/mol. The molecular weight excluding hydrogens is 268 g/mol. The highest BCUT2D eigenvalue weighted by Gasteiger charge is 2.49. The smallest absolute Gasteiger partial charge is 0.323 e. The van der Waals surface area contributed by atoms with Gasteiger partial charge in [-0.25, -0.2) is 0 Å². The van der Waals surface area contributed by atoms with Crippen LogP contribution >= 0.6 is 15.2 Å². The molecular formula is C8H19NO6P2. The molecule has 0 aromatic rings. The molecule has 0 saturated carbocycles. The fourth-order valence-electron chi connectivity index (χ4n) is 2.29. The van der Waals surface area contributed by atoms with E-state index in [1.807, 2.05) is 13.8 Å². The first-order valence-corrected chi connectivity index (χ1v) is 8.64. The van der Waals surface area contributed by atoms with Gasteiger partial charge in [-0.1, -0.05) is 13.8 Å². The molecule has 1 fully saturated rings. The quantitative estimate of drug-likeness (QED) is 0.565. The van der Waals surface area contributed by atoms with Crippen molar-refractivity contribution in [3.63, 3.8) is 0 Å². The van der Waals surface area contributed by atoms with Crippen LogP contribution in [0.2, 0.25) is 0 Å². The molecule has 0 spiro atoms. The number of hydrogen-bond donors (Lipinski definition) is 4. The van der Waals surface area contributed by atoms with Gasteiger partial charge < -0.3 is 19.6 Å². The predicted octanol–water partition coefficient (Wildman–Crippen LogP) is 0.747. The Kier molecular flexibility index (Phi) is 4.27. The Bertz CT molecular complexity index is 350. The molecule has 1 heterocycles. The Hall–Kier alpha value is 0.260. The molecule has 7 nitrogen and oxygen atoms in total. The van der Waals surface area contributed by atoms with E-state index in [0.717, 1.165) is 6.42 Å². The molecule has 0 radical (unpaired) electrons. The van der Waals surface area contributed by atoms with Crippen molar-refractivity contribution in [1.29, 1.82) is 0 Å². The van der Waals surface area contributed by atoms with E-state index in [2.05, 4.69) is 0 Å². The summed E-state index contributed by atoms with van der Waals surface area (Å²) in [5, 5.41) is 0. The van der Waals surface area contributed by atoms with Gasteiger partial charge in [-0.05, 0) is 24.8 Å². The monoisotopic (exact) mass is 287 g/mol. The van der Waals surface area contributed by atoms with Crippen molar-refractivity contribution in [3.05, 3.63) is 0 Å². The lowest BCUT2D eigenvalue weighted by atomic mass is 9.84. The fourth-order valence-corrected chi connectivity index (χ4v) is 5.10. The highest BCUT2D eigenvalue weighted by atomic mass is 31.2. The van der Waals surface area contributed by atoms with Gasteiger partial charge in [0.2, 0.25) is 5.52 Å². The molecule has 4 N–H and O–H groups in total. The van der Waals surface area contributed by atoms with Crippen molar-refractivity contribution in [2.45, 2.75) is 32.2 Å². The molecule has 0 bridgehead atoms. The summed E-state index contributed by atoms with van der Waals surface area (Å²) in [7, 11) is -9.72. The first-order chi connectivity index (χ1) is 7.43. The van der Waals surface area contributed by atoms with Crippen molar-refractivity contribution >= 4 is 15.2 Å². The van der Waals surface area contributed by atoms with Crippen molar-refractivity contribution in [1.82, 2.24) is 4.90 Å². The van der Waals surface area contributed by atoms with Crippen molar-refractivity contribution in [2.75, 3.05) is 13.1 Å². The number of piperidine rings is 1. The van der Waals surface area contributed by atoms with E-state index >= 15 is 0 Å². The molecule has 0 amide bonds. The van der Waals surface area contributed by atoms with Crippen molar-refractivity contribution in [3.8, 4) is 0 Å². The number of likely N-dealkylation sites (tertiary alicyclic amines) is 1. The third kappa shape index (κ3) is 4.14. The lowest BCUT2D eigenvalue weighted by molar-refractivity contribution is 0.108. The first kappa shape index (κ1) is 15.3. The second kappa shape index (κ2) is 4.74. The average Bonchev–Trinajstić information content (AvgIpc) is 1.94. The van der Waals surface area contributed by atoms with Gasteiger partial charge in [-0.15, -0.1) is 0 Å². The van der Waals surface area contributed by atoms with Crippen molar-refractivity contribution in [2.24, 2.45) is 5.41 Å². The molecule has 1 rings (SSSR count). The Morgan fingerprint density at radius 1 is 1.12 bits per heavy atom. The minimum absolute atomic E-state index is 0.194. The van der Waals surface area contributed by atoms with Gasteiger partial charge in [0.1, 0.15) is 0 Å². The van der Waals surface area contributed by atoms with E-state index in [1.165, 1.54) is 4.90 Å². The summed E-state index contributed by atoms with van der Waals surface area (Å²) < 4.78 is 22.5. The van der Waals surface area contributed by atoms with Gasteiger partial charge >= 0.3 is 15.2 Å². The topological polar surface area (TPSA) is 118 Å². The Balaban J connectivity index is 3.01. The summed E-state index contributed by atoms with van der Waals surface area (Å²) >= 11 is 0. The fraction of sp³-hybridized carbons (Fsp3) is 1.00. The van der Waals surface area contributed by atoms with Gasteiger partial charge in [0, 0.05) is 6.54 Å². The minimum Gasteiger partial charge on any atom is -0.323 e. The first-order valence-electron chi connectivity index (χ1n) is 5.28. The summed E-state index contributed by atoms with van der Waals surface area (Å²) in [6, 6.07) is 0. The Morgan fingerprint density at radius 3 is 1.94 bits per heavy atom. The van der Waals surface area contributed by atoms with Gasteiger partial charge in [-0.3, -0.25) is 14.0 Å². The molecule has 0 aromatic carbocycles. The molecule has 102 valence electrons. The van der Waals surface area contributed by atoms with Crippen LogP contribution in [0.4, 0.5) is 0 Å². The molecule has 0 aromatic heterocycles. The van der Waals surface area contributed by atoms with Gasteiger partial charge in [0.15, 0.2) is 0 Å². The number of hydrogen-bond acceptors (Lipinski definition) is 3. The summed E-state index contributed by atoms with van der Waals surface area (Å²) in [5.74, 6) is 0. The maximum atomic E-state index is 11.2. The van der Waals surface area contributed by atoms with E-state index in [4.69, 9.17) is 19.6 Å². The van der Waals surface area contributed by atoms with Crippen LogP contribution in [0.25, 0.3) is 0 Å². The van der Waals surface area contributed by atoms with E-state index in [-0.39, 0.29) is 12.0 Å². The van der Waals surface area contributed by atoms with Crippen LogP contribution in [-0.2, 0) is 9.13 Å². The third-order valence-corrected chi connectivity index (χ3v) is 6.52. The zero-order valence-corrected chi connectivity index (χ0v) is 11.6. The van der Waals surface area contributed by atoms with E-state index < -0.39 is 20.7 Å². The van der Waals surface area contributed by atoms with Gasteiger partial charge in [0.25, 0.3) is 0 Å². The molecule has 1 aliphatic heterocycles. The molecule has 0 atom stereocenters. The minimum atomic E-state index is -4.86. The average molecular weight is 287 g/mol. The molecule has 9 heteroatoms.